The van der Waals surface area contributed by atoms with Crippen molar-refractivity contribution in [3.63, 3.8) is 0 Å². The third-order valence-corrected chi connectivity index (χ3v) is 23.3. The second-order valence-electron chi connectivity index (χ2n) is 32.3. The molecule has 4 saturated heterocycles. The van der Waals surface area contributed by atoms with Crippen molar-refractivity contribution < 1.29 is 88.5 Å². The lowest BCUT2D eigenvalue weighted by atomic mass is 9.88. The van der Waals surface area contributed by atoms with Crippen molar-refractivity contribution in [1.82, 2.24) is 19.6 Å². The van der Waals surface area contributed by atoms with Gasteiger partial charge >= 0.3 is 24.1 Å². The molecule has 6 fully saturated rings. The lowest BCUT2D eigenvalue weighted by Crippen LogP contribution is -2.53. The minimum atomic E-state index is -1.49. The third-order valence-electron chi connectivity index (χ3n) is 23.3. The fourth-order valence-corrected chi connectivity index (χ4v) is 16.3. The largest absolute Gasteiger partial charge is 0.457 e. The Hall–Kier alpha value is -4.56. The number of esters is 2. The van der Waals surface area contributed by atoms with Crippen molar-refractivity contribution in [1.29, 1.82) is 0 Å². The molecule has 20 atom stereocenters. The van der Waals surface area contributed by atoms with Gasteiger partial charge in [-0.05, 0) is 129 Å². The molecule has 6 aliphatic heterocycles. The van der Waals surface area contributed by atoms with Crippen molar-refractivity contribution >= 4 is 24.1 Å². The van der Waals surface area contributed by atoms with Crippen molar-refractivity contribution in [3.8, 4) is 0 Å². The predicted octanol–water partition coefficient (Wildman–Crippen LogP) is 10.1. The average molecular weight is 1440 g/mol. The number of cyclic esters (lactones) is 2. The first-order valence-electron chi connectivity index (χ1n) is 39.0. The molecule has 102 heavy (non-hydrogen) atoms. The lowest BCUT2D eigenvalue weighted by molar-refractivity contribution is -0.152. The van der Waals surface area contributed by atoms with E-state index in [4.69, 9.17) is 28.4 Å². The molecular formula is C80H132N4O18. The van der Waals surface area contributed by atoms with Gasteiger partial charge in [0.25, 0.3) is 0 Å². The van der Waals surface area contributed by atoms with Gasteiger partial charge in [-0.1, -0.05) is 142 Å². The van der Waals surface area contributed by atoms with Crippen LogP contribution in [0.2, 0.25) is 0 Å². The van der Waals surface area contributed by atoms with Crippen LogP contribution in [-0.4, -0.2) is 245 Å². The summed E-state index contributed by atoms with van der Waals surface area (Å²) in [5.74, 6) is -2.09. The zero-order chi connectivity index (χ0) is 74.7. The van der Waals surface area contributed by atoms with E-state index in [1.54, 1.807) is 67.0 Å². The predicted molar refractivity (Wildman–Crippen MR) is 392 cm³/mol. The molecule has 580 valence electrons. The Bertz CT molecular complexity index is 2810. The Morgan fingerprint density at radius 3 is 1.49 bits per heavy atom. The van der Waals surface area contributed by atoms with Crippen molar-refractivity contribution in [2.45, 2.75) is 332 Å². The van der Waals surface area contributed by atoms with Gasteiger partial charge in [-0.3, -0.25) is 19.4 Å². The van der Waals surface area contributed by atoms with Crippen LogP contribution in [0.4, 0.5) is 9.59 Å². The smallest absolute Gasteiger partial charge is 0.410 e. The topological polar surface area (TPSA) is 298 Å². The van der Waals surface area contributed by atoms with Crippen LogP contribution in [0.25, 0.3) is 0 Å². The van der Waals surface area contributed by atoms with E-state index < -0.39 is 114 Å². The highest BCUT2D eigenvalue weighted by atomic mass is 16.6. The normalized spacial score (nSPS) is 37.6. The molecule has 0 aromatic rings. The number of rotatable bonds is 16. The molecule has 6 heterocycles. The molecule has 22 nitrogen and oxygen atoms in total. The first-order valence-corrected chi connectivity index (χ1v) is 39.0. The maximum Gasteiger partial charge on any atom is 0.410 e. The highest BCUT2D eigenvalue weighted by Crippen LogP contribution is 2.39. The highest BCUT2D eigenvalue weighted by molar-refractivity contribution is 5.71. The van der Waals surface area contributed by atoms with E-state index in [0.717, 1.165) is 38.2 Å². The number of ether oxygens (including phenoxy) is 6. The van der Waals surface area contributed by atoms with E-state index in [1.165, 1.54) is 77.0 Å². The number of carbonyl (C=O) groups is 4. The molecule has 2 saturated carbocycles. The van der Waals surface area contributed by atoms with Gasteiger partial charge in [0, 0.05) is 101 Å². The lowest BCUT2D eigenvalue weighted by Gasteiger charge is -2.40. The van der Waals surface area contributed by atoms with Gasteiger partial charge in [-0.25, -0.2) is 9.59 Å². The second-order valence-corrected chi connectivity index (χ2v) is 32.3. The highest BCUT2D eigenvalue weighted by Gasteiger charge is 2.46. The van der Waals surface area contributed by atoms with Crippen LogP contribution in [0, 0.1) is 23.7 Å². The van der Waals surface area contributed by atoms with E-state index in [1.807, 2.05) is 86.6 Å². The van der Waals surface area contributed by atoms with Gasteiger partial charge in [-0.2, -0.15) is 0 Å². The summed E-state index contributed by atoms with van der Waals surface area (Å²) in [5, 5.41) is 87.3. The molecule has 8 rings (SSSR count). The number of hydrogen-bond acceptors (Lipinski definition) is 20. The summed E-state index contributed by atoms with van der Waals surface area (Å²) >= 11 is 0. The van der Waals surface area contributed by atoms with Crippen LogP contribution < -0.4 is 0 Å². The van der Waals surface area contributed by atoms with Crippen LogP contribution >= 0.6 is 0 Å². The van der Waals surface area contributed by atoms with E-state index in [2.05, 4.69) is 9.80 Å². The minimum Gasteiger partial charge on any atom is -0.457 e. The van der Waals surface area contributed by atoms with Crippen LogP contribution in [-0.2, 0) is 38.0 Å². The maximum atomic E-state index is 13.5. The molecule has 0 aromatic carbocycles. The standard InChI is InChI=1S/2C40H66N2O9/c1-7-32-29(4)36(45)33(49-32)26-39(5,47)19-12-13-27(2)37-28(3)16-17-34(40(6,48)20-18-31(43)25-35(44)51-37)50-38(46)42-23-21-41(22-24-42)30-14-10-8-9-11-15-30;1-7-32(44)29(4)37-33(45)26-39(5,51-37)19-12-13-27(2)36-28(3)16-17-34(40(6,48)20-18-31(43)25-35(46)50-36)49-38(47)42-23-21-41(22-24-42)30-14-10-8-9-11-15-30/h12-13,16-17,19,28-34,36-37,43,45,47-48H,7-11,14-15,18,20-26H2,1-6H3;12-13,16-17,19,28-34,36-37,43-45,48H,7-11,14-15,18,20-26H2,1-6H3/b2*17-16+,19-12+,27-13+. The molecule has 0 bridgehead atoms. The van der Waals surface area contributed by atoms with Crippen LogP contribution in [0.5, 0.6) is 0 Å². The summed E-state index contributed by atoms with van der Waals surface area (Å²) in [4.78, 5) is 61.3. The maximum absolute atomic E-state index is 13.5. The Balaban J connectivity index is 0.000000286. The van der Waals surface area contributed by atoms with Gasteiger partial charge < -0.3 is 79.1 Å². The monoisotopic (exact) mass is 1440 g/mol. The fraction of sp³-hybridized carbons (Fsp3) is 0.800. The summed E-state index contributed by atoms with van der Waals surface area (Å²) in [6, 6.07) is 1.16. The van der Waals surface area contributed by atoms with E-state index in [0.29, 0.717) is 56.7 Å². The van der Waals surface area contributed by atoms with Gasteiger partial charge in [-0.15, -0.1) is 0 Å². The molecule has 20 unspecified atom stereocenters. The average Bonchev–Trinajstić information content (AvgIpc) is 1.58. The molecule has 2 aliphatic carbocycles. The number of aliphatic hydroxyl groups excluding tert-OH is 5. The SMILES string of the molecule is CCC(O)C(C)C1OC(C)(/C=C/C=C(\C)C2OC(=O)CC(O)CCC(C)(O)C(OC(=O)N3CCN(C4CCCCCC4)CC3)/C=C/C2C)CC1O.CCC1OC(CC(C)(O)/C=C/C=C(\C)C2OC(=O)CC(O)CCC(C)(O)C(OC(=O)N3CCN(C4CCCCCC4)CC3)/C=C/C2C)C(O)C1C. The first kappa shape index (κ1) is 84.7. The van der Waals surface area contributed by atoms with E-state index in [-0.39, 0.29) is 74.7 Å². The zero-order valence-electron chi connectivity index (χ0n) is 63.8. The first-order chi connectivity index (χ1) is 48.2. The van der Waals surface area contributed by atoms with Gasteiger partial charge in [0.1, 0.15) is 23.4 Å². The minimum absolute atomic E-state index is 0.0102. The quantitative estimate of drug-likeness (QED) is 0.0234. The number of carbonyl (C=O) groups excluding carboxylic acids is 4. The Morgan fingerprint density at radius 2 is 1.08 bits per heavy atom. The van der Waals surface area contributed by atoms with Gasteiger partial charge in [0.2, 0.25) is 0 Å². The summed E-state index contributed by atoms with van der Waals surface area (Å²) in [7, 11) is 0. The summed E-state index contributed by atoms with van der Waals surface area (Å²) in [5.41, 5.74) is -3.53. The van der Waals surface area contributed by atoms with Crippen LogP contribution in [0.1, 0.15) is 224 Å². The molecular weight excluding hydrogens is 1300 g/mol. The van der Waals surface area contributed by atoms with Crippen molar-refractivity contribution in [2.75, 3.05) is 52.4 Å². The number of piperazine rings is 2. The number of hydrogen-bond donors (Lipinski definition) is 8. The Labute approximate surface area is 609 Å². The van der Waals surface area contributed by atoms with Crippen molar-refractivity contribution in [3.05, 3.63) is 71.9 Å². The number of allylic oxidation sites excluding steroid dienone is 4. The third kappa shape index (κ3) is 25.0. The molecule has 8 aliphatic rings. The van der Waals surface area contributed by atoms with Gasteiger partial charge in [0.05, 0.1) is 72.9 Å². The number of amides is 2. The van der Waals surface area contributed by atoms with Crippen LogP contribution in [0.3, 0.4) is 0 Å². The Kier molecular flexibility index (Phi) is 32.7. The molecule has 2 amide bonds. The summed E-state index contributed by atoms with van der Waals surface area (Å²) in [6.45, 7) is 27.5. The number of aliphatic hydroxyl groups is 8. The summed E-state index contributed by atoms with van der Waals surface area (Å²) in [6.07, 6.45) is 25.4. The summed E-state index contributed by atoms with van der Waals surface area (Å²) < 4.78 is 36.1. The zero-order valence-corrected chi connectivity index (χ0v) is 63.8. The fourth-order valence-electron chi connectivity index (χ4n) is 16.3. The van der Waals surface area contributed by atoms with Crippen LogP contribution in [0.15, 0.2) is 71.9 Å². The van der Waals surface area contributed by atoms with E-state index >= 15 is 0 Å². The Morgan fingerprint density at radius 1 is 0.647 bits per heavy atom. The molecule has 8 N–H and O–H groups in total. The number of nitrogens with zero attached hydrogens (tertiary/aromatic N) is 4. The molecule has 0 radical (unpaired) electrons. The molecule has 0 spiro atoms. The van der Waals surface area contributed by atoms with Gasteiger partial charge in [0.15, 0.2) is 12.2 Å². The molecule has 0 aromatic heterocycles. The van der Waals surface area contributed by atoms with Crippen molar-refractivity contribution in [2.24, 2.45) is 23.7 Å². The molecule has 22 heteroatoms. The second kappa shape index (κ2) is 39.3. The van der Waals surface area contributed by atoms with E-state index in [9.17, 15) is 60.0 Å².